The van der Waals surface area contributed by atoms with Crippen molar-refractivity contribution in [1.82, 2.24) is 0 Å². The molecule has 14 aromatic carbocycles. The van der Waals surface area contributed by atoms with Crippen LogP contribution in [0, 0.1) is 0 Å². The molecule has 0 saturated heterocycles. The molecule has 14 rings (SSSR count). The van der Waals surface area contributed by atoms with Crippen LogP contribution in [0.1, 0.15) is 0 Å². The molecule has 0 N–H and O–H groups in total. The number of benzene rings is 14. The lowest BCUT2D eigenvalue weighted by atomic mass is 9.80. The first-order chi connectivity index (χ1) is 33.4. The number of rotatable bonds is 5. The molecule has 318 valence electrons. The highest BCUT2D eigenvalue weighted by atomic mass is 28.3. The minimum absolute atomic E-state index is 1.25. The monoisotopic (exact) mass is 878 g/mol. The van der Waals surface area contributed by atoms with Crippen molar-refractivity contribution in [2.24, 2.45) is 0 Å². The van der Waals surface area contributed by atoms with Gasteiger partial charge in [0.15, 0.2) is 0 Å². The van der Waals surface area contributed by atoms with Gasteiger partial charge in [0.1, 0.15) is 0 Å². The third-order valence-corrected chi connectivity index (χ3v) is 17.2. The molecule has 0 atom stereocenters. The van der Waals surface area contributed by atoms with Crippen molar-refractivity contribution in [3.8, 4) is 44.5 Å². The molecule has 0 aliphatic heterocycles. The van der Waals surface area contributed by atoms with Gasteiger partial charge in [-0.2, -0.15) is 0 Å². The van der Waals surface area contributed by atoms with Gasteiger partial charge in [-0.1, -0.05) is 219 Å². The molecule has 0 fully saturated rings. The van der Waals surface area contributed by atoms with Crippen molar-refractivity contribution in [3.63, 3.8) is 0 Å². The lowest BCUT2D eigenvalue weighted by Gasteiger charge is -2.23. The maximum Gasteiger partial charge on any atom is 0.0775 e. The van der Waals surface area contributed by atoms with Gasteiger partial charge in [-0.15, -0.1) is 0 Å². The Hall–Kier alpha value is -8.10. The Labute approximate surface area is 396 Å². The highest BCUT2D eigenvalue weighted by molar-refractivity contribution is 6.88. The molecule has 0 aliphatic carbocycles. The molecule has 0 nitrogen and oxygen atoms in total. The third kappa shape index (κ3) is 5.79. The van der Waals surface area contributed by atoms with Gasteiger partial charge in [-0.25, -0.2) is 0 Å². The molecule has 1 heteroatoms. The van der Waals surface area contributed by atoms with E-state index in [1.807, 2.05) is 0 Å². The largest absolute Gasteiger partial charge is 0.0775 e. The van der Waals surface area contributed by atoms with E-state index in [2.05, 4.69) is 244 Å². The molecule has 0 aliphatic rings. The quantitative estimate of drug-likeness (QED) is 0.119. The molecular weight excluding hydrogens is 833 g/mol. The van der Waals surface area contributed by atoms with Crippen molar-refractivity contribution >= 4 is 110 Å². The summed E-state index contributed by atoms with van der Waals surface area (Å²) in [4.78, 5) is 0. The van der Waals surface area contributed by atoms with Crippen LogP contribution >= 0.6 is 0 Å². The summed E-state index contributed by atoms with van der Waals surface area (Å²) in [7, 11) is -1.53. The molecule has 68 heavy (non-hydrogen) atoms. The zero-order valence-corrected chi connectivity index (χ0v) is 39.4. The van der Waals surface area contributed by atoms with Crippen molar-refractivity contribution in [1.29, 1.82) is 0 Å². The molecule has 0 bridgehead atoms. The second-order valence-corrected chi connectivity index (χ2v) is 25.0. The van der Waals surface area contributed by atoms with Crippen LogP contribution in [0.3, 0.4) is 0 Å². The molecule has 0 saturated carbocycles. The van der Waals surface area contributed by atoms with E-state index in [0.717, 1.165) is 0 Å². The van der Waals surface area contributed by atoms with Crippen molar-refractivity contribution in [3.05, 3.63) is 224 Å². The van der Waals surface area contributed by atoms with Crippen LogP contribution in [0.5, 0.6) is 0 Å². The van der Waals surface area contributed by atoms with Crippen LogP contribution in [0.2, 0.25) is 19.6 Å². The minimum Gasteiger partial charge on any atom is -0.0656 e. The SMILES string of the molecule is C[Si](C)(C)c1ccc(-c2cc(-c3cc4ccccc4c4ccccc34)c3ccc4c(-c5cc6ccccc6c6ccccc56)cc(-c5cc6ccccc6c6ccccc56)c5ccc2c3c54)cc1. The zero-order valence-electron chi connectivity index (χ0n) is 38.4. The first-order valence-electron chi connectivity index (χ1n) is 24.0. The molecule has 0 heterocycles. The third-order valence-electron chi connectivity index (χ3n) is 15.1. The van der Waals surface area contributed by atoms with Crippen LogP contribution < -0.4 is 5.19 Å². The molecule has 0 amide bonds. The standard InChI is InChI=1S/C67H46Si/c1-68(2,3)45-30-28-41(29-31-45)59-39-63(60-36-42-16-4-7-19-46(42)49-22-10-13-25-52(49)60)56-34-35-58-65(62-38-44-18-6-9-21-48(44)51-24-12-15-27-54(51)62)40-64(57-33-32-55(59)66(56)67(57)58)61-37-43-17-5-8-20-47(43)50-23-11-14-26-53(50)61/h4-40H,1-3H3. The van der Waals surface area contributed by atoms with Crippen LogP contribution in [0.25, 0.3) is 141 Å². The molecule has 0 radical (unpaired) electrons. The topological polar surface area (TPSA) is 0 Å². The van der Waals surface area contributed by atoms with E-state index in [0.29, 0.717) is 0 Å². The van der Waals surface area contributed by atoms with Gasteiger partial charge in [0.05, 0.1) is 8.07 Å². The fourth-order valence-corrected chi connectivity index (χ4v) is 13.0. The predicted octanol–water partition coefficient (Wildman–Crippen LogP) is 18.7. The van der Waals surface area contributed by atoms with Crippen LogP contribution in [0.4, 0.5) is 0 Å². The van der Waals surface area contributed by atoms with E-state index in [9.17, 15) is 0 Å². The fourth-order valence-electron chi connectivity index (χ4n) is 11.9. The van der Waals surface area contributed by atoms with Crippen LogP contribution in [0.15, 0.2) is 224 Å². The maximum atomic E-state index is 2.53. The molecule has 14 aromatic rings. The average molecular weight is 879 g/mol. The summed E-state index contributed by atoms with van der Waals surface area (Å²) in [5.74, 6) is 0. The van der Waals surface area contributed by atoms with Gasteiger partial charge < -0.3 is 0 Å². The van der Waals surface area contributed by atoms with Crippen molar-refractivity contribution in [2.75, 3.05) is 0 Å². The van der Waals surface area contributed by atoms with Gasteiger partial charge in [0, 0.05) is 0 Å². The van der Waals surface area contributed by atoms with Gasteiger partial charge in [0.25, 0.3) is 0 Å². The summed E-state index contributed by atoms with van der Waals surface area (Å²) < 4.78 is 0. The summed E-state index contributed by atoms with van der Waals surface area (Å²) in [6, 6.07) is 85.4. The maximum absolute atomic E-state index is 2.53. The first-order valence-corrected chi connectivity index (χ1v) is 27.5. The Morgan fingerprint density at radius 1 is 0.221 bits per heavy atom. The molecule has 0 unspecified atom stereocenters. The van der Waals surface area contributed by atoms with E-state index in [4.69, 9.17) is 0 Å². The van der Waals surface area contributed by atoms with E-state index in [1.54, 1.807) is 0 Å². The van der Waals surface area contributed by atoms with Gasteiger partial charge in [0.2, 0.25) is 0 Å². The molecule has 0 spiro atoms. The number of hydrogen-bond donors (Lipinski definition) is 0. The Morgan fingerprint density at radius 2 is 0.500 bits per heavy atom. The van der Waals surface area contributed by atoms with E-state index < -0.39 is 8.07 Å². The van der Waals surface area contributed by atoms with Crippen molar-refractivity contribution in [2.45, 2.75) is 19.6 Å². The van der Waals surface area contributed by atoms with E-state index in [-0.39, 0.29) is 0 Å². The summed E-state index contributed by atoms with van der Waals surface area (Å²) in [5.41, 5.74) is 10.1. The molecular formula is C67H46Si. The van der Waals surface area contributed by atoms with E-state index in [1.165, 1.54) is 147 Å². The average Bonchev–Trinajstić information content (AvgIpc) is 3.39. The summed E-state index contributed by atoms with van der Waals surface area (Å²) in [5, 5.41) is 24.4. The fraction of sp³-hybridized carbons (Fsp3) is 0.0448. The number of hydrogen-bond acceptors (Lipinski definition) is 0. The predicted molar refractivity (Wildman–Crippen MR) is 300 cm³/mol. The summed E-state index contributed by atoms with van der Waals surface area (Å²) in [6.45, 7) is 7.31. The second kappa shape index (κ2) is 14.7. The van der Waals surface area contributed by atoms with Crippen LogP contribution in [-0.4, -0.2) is 8.07 Å². The summed E-state index contributed by atoms with van der Waals surface area (Å²) >= 11 is 0. The Kier molecular flexibility index (Phi) is 8.45. The van der Waals surface area contributed by atoms with Crippen molar-refractivity contribution < 1.29 is 0 Å². The van der Waals surface area contributed by atoms with Crippen LogP contribution in [-0.2, 0) is 0 Å². The Morgan fingerprint density at radius 3 is 0.853 bits per heavy atom. The lowest BCUT2D eigenvalue weighted by Crippen LogP contribution is -2.37. The highest BCUT2D eigenvalue weighted by Crippen LogP contribution is 2.52. The smallest absolute Gasteiger partial charge is 0.0656 e. The van der Waals surface area contributed by atoms with Gasteiger partial charge in [-0.05, 0) is 172 Å². The Balaban J connectivity index is 1.19. The van der Waals surface area contributed by atoms with E-state index >= 15 is 0 Å². The van der Waals surface area contributed by atoms with Gasteiger partial charge >= 0.3 is 0 Å². The normalized spacial score (nSPS) is 12.3. The van der Waals surface area contributed by atoms with Gasteiger partial charge in [-0.3, -0.25) is 0 Å². The second-order valence-electron chi connectivity index (χ2n) is 19.9. The Bertz CT molecular complexity index is 4260. The zero-order chi connectivity index (χ0) is 45.3. The first kappa shape index (κ1) is 39.1. The number of fused-ring (bicyclic) bond motifs is 9. The lowest BCUT2D eigenvalue weighted by molar-refractivity contribution is 1.64. The summed E-state index contributed by atoms with van der Waals surface area (Å²) in [6.07, 6.45) is 0. The minimum atomic E-state index is -1.53. The highest BCUT2D eigenvalue weighted by Gasteiger charge is 2.25. The molecule has 0 aromatic heterocycles.